The topological polar surface area (TPSA) is 125 Å². The van der Waals surface area contributed by atoms with Gasteiger partial charge in [-0.3, -0.25) is 4.79 Å². The highest BCUT2D eigenvalue weighted by Gasteiger charge is 2.20. The van der Waals surface area contributed by atoms with Crippen molar-refractivity contribution in [3.05, 3.63) is 42.4 Å². The molecule has 3 rings (SSSR count). The molecule has 1 amide bonds. The SMILES string of the molecule is CN(c1cc(C(=O)Nc2ccc(S(=O)(=O)NCCO)cc2)ncn1)C1CCCCC1. The molecule has 1 aliphatic carbocycles. The summed E-state index contributed by atoms with van der Waals surface area (Å²) in [5, 5.41) is 11.5. The Balaban J connectivity index is 1.67. The van der Waals surface area contributed by atoms with E-state index in [0.717, 1.165) is 12.8 Å². The number of carbonyl (C=O) groups is 1. The van der Waals surface area contributed by atoms with Crippen LogP contribution in [0.15, 0.2) is 41.6 Å². The quantitative estimate of drug-likeness (QED) is 0.579. The zero-order valence-electron chi connectivity index (χ0n) is 16.9. The van der Waals surface area contributed by atoms with E-state index in [0.29, 0.717) is 17.5 Å². The molecule has 2 aromatic rings. The Morgan fingerprint density at radius 2 is 1.87 bits per heavy atom. The third-order valence-electron chi connectivity index (χ3n) is 5.20. The predicted octanol–water partition coefficient (Wildman–Crippen LogP) is 1.77. The number of sulfonamides is 1. The van der Waals surface area contributed by atoms with E-state index in [9.17, 15) is 13.2 Å². The lowest BCUT2D eigenvalue weighted by molar-refractivity contribution is 0.102. The van der Waals surface area contributed by atoms with Crippen molar-refractivity contribution in [3.63, 3.8) is 0 Å². The minimum absolute atomic E-state index is 0.0485. The Morgan fingerprint density at radius 3 is 2.53 bits per heavy atom. The molecule has 162 valence electrons. The summed E-state index contributed by atoms with van der Waals surface area (Å²) in [6.45, 7) is -0.351. The molecule has 1 heterocycles. The molecule has 1 aromatic carbocycles. The smallest absolute Gasteiger partial charge is 0.274 e. The Bertz CT molecular complexity index is 959. The van der Waals surface area contributed by atoms with Gasteiger partial charge in [0.05, 0.1) is 11.5 Å². The second kappa shape index (κ2) is 9.96. The summed E-state index contributed by atoms with van der Waals surface area (Å²) in [6, 6.07) is 7.86. The standard InChI is InChI=1S/C20H27N5O4S/c1-25(16-5-3-2-4-6-16)19-13-18(21-14-22-19)20(27)24-15-7-9-17(10-8-15)30(28,29)23-11-12-26/h7-10,13-14,16,23,26H,2-6,11-12H2,1H3,(H,24,27). The van der Waals surface area contributed by atoms with Crippen molar-refractivity contribution in [1.29, 1.82) is 0 Å². The number of aromatic nitrogens is 2. The molecule has 0 spiro atoms. The maximum absolute atomic E-state index is 12.6. The number of hydrogen-bond donors (Lipinski definition) is 3. The molecule has 0 radical (unpaired) electrons. The van der Waals surface area contributed by atoms with E-state index in [4.69, 9.17) is 5.11 Å². The number of aliphatic hydroxyl groups excluding tert-OH is 1. The molecule has 3 N–H and O–H groups in total. The molecule has 0 atom stereocenters. The van der Waals surface area contributed by atoms with Crippen LogP contribution in [0.5, 0.6) is 0 Å². The molecule has 30 heavy (non-hydrogen) atoms. The molecule has 1 aromatic heterocycles. The van der Waals surface area contributed by atoms with Crippen molar-refractivity contribution < 1.29 is 18.3 Å². The fourth-order valence-electron chi connectivity index (χ4n) is 3.50. The first-order valence-corrected chi connectivity index (χ1v) is 11.5. The first-order chi connectivity index (χ1) is 14.4. The van der Waals surface area contributed by atoms with E-state index in [1.165, 1.54) is 49.9 Å². The summed E-state index contributed by atoms with van der Waals surface area (Å²) in [7, 11) is -1.70. The van der Waals surface area contributed by atoms with Crippen LogP contribution in [0.3, 0.4) is 0 Å². The Hall–Kier alpha value is -2.56. The third-order valence-corrected chi connectivity index (χ3v) is 6.67. The van der Waals surface area contributed by atoms with E-state index in [-0.39, 0.29) is 23.7 Å². The molecule has 10 heteroatoms. The van der Waals surface area contributed by atoms with Gasteiger partial charge in [-0.25, -0.2) is 23.1 Å². The van der Waals surface area contributed by atoms with Gasteiger partial charge >= 0.3 is 0 Å². The number of hydrogen-bond acceptors (Lipinski definition) is 7. The molecule has 9 nitrogen and oxygen atoms in total. The second-order valence-corrected chi connectivity index (χ2v) is 9.03. The molecular weight excluding hydrogens is 406 g/mol. The van der Waals surface area contributed by atoms with Crippen molar-refractivity contribution in [1.82, 2.24) is 14.7 Å². The van der Waals surface area contributed by atoms with Crippen LogP contribution in [0, 0.1) is 0 Å². The number of anilines is 2. The van der Waals surface area contributed by atoms with Gasteiger partial charge in [-0.15, -0.1) is 0 Å². The fourth-order valence-corrected chi connectivity index (χ4v) is 4.52. The molecule has 1 aliphatic rings. The van der Waals surface area contributed by atoms with Crippen LogP contribution >= 0.6 is 0 Å². The van der Waals surface area contributed by atoms with Gasteiger partial charge in [0.2, 0.25) is 10.0 Å². The molecule has 0 bridgehead atoms. The van der Waals surface area contributed by atoms with Crippen molar-refractivity contribution in [2.75, 3.05) is 30.4 Å². The maximum atomic E-state index is 12.6. The average Bonchev–Trinajstić information content (AvgIpc) is 2.78. The fraction of sp³-hybridized carbons (Fsp3) is 0.450. The van der Waals surface area contributed by atoms with Gasteiger partial charge < -0.3 is 15.3 Å². The van der Waals surface area contributed by atoms with Crippen molar-refractivity contribution in [2.45, 2.75) is 43.0 Å². The molecule has 0 aliphatic heterocycles. The largest absolute Gasteiger partial charge is 0.395 e. The van der Waals surface area contributed by atoms with Gasteiger partial charge in [0.1, 0.15) is 17.8 Å². The van der Waals surface area contributed by atoms with Crippen LogP contribution in [0.2, 0.25) is 0 Å². The number of carbonyl (C=O) groups excluding carboxylic acids is 1. The second-order valence-electron chi connectivity index (χ2n) is 7.26. The maximum Gasteiger partial charge on any atom is 0.274 e. The van der Waals surface area contributed by atoms with Crippen LogP contribution in [0.4, 0.5) is 11.5 Å². The lowest BCUT2D eigenvalue weighted by atomic mass is 9.94. The molecule has 0 saturated heterocycles. The minimum atomic E-state index is -3.69. The van der Waals surface area contributed by atoms with Gasteiger partial charge in [0.15, 0.2) is 0 Å². The first-order valence-electron chi connectivity index (χ1n) is 9.97. The lowest BCUT2D eigenvalue weighted by Gasteiger charge is -2.32. The van der Waals surface area contributed by atoms with Crippen LogP contribution in [0.1, 0.15) is 42.6 Å². The normalized spacial score (nSPS) is 15.0. The van der Waals surface area contributed by atoms with E-state index in [1.54, 1.807) is 6.07 Å². The van der Waals surface area contributed by atoms with Gasteiger partial charge in [0.25, 0.3) is 5.91 Å². The summed E-state index contributed by atoms with van der Waals surface area (Å²) in [6.07, 6.45) is 7.28. The number of aliphatic hydroxyl groups is 1. The van der Waals surface area contributed by atoms with Crippen LogP contribution in [-0.4, -0.2) is 55.6 Å². The number of nitrogens with zero attached hydrogens (tertiary/aromatic N) is 3. The van der Waals surface area contributed by atoms with Gasteiger partial charge in [0, 0.05) is 31.4 Å². The summed E-state index contributed by atoms with van der Waals surface area (Å²) in [5.74, 6) is 0.308. The summed E-state index contributed by atoms with van der Waals surface area (Å²) >= 11 is 0. The summed E-state index contributed by atoms with van der Waals surface area (Å²) < 4.78 is 26.4. The van der Waals surface area contributed by atoms with Crippen molar-refractivity contribution >= 4 is 27.4 Å². The Kier molecular flexibility index (Phi) is 7.35. The lowest BCUT2D eigenvalue weighted by Crippen LogP contribution is -2.34. The van der Waals surface area contributed by atoms with E-state index in [1.807, 2.05) is 7.05 Å². The highest BCUT2D eigenvalue weighted by Crippen LogP contribution is 2.25. The number of benzene rings is 1. The number of nitrogens with one attached hydrogen (secondary N) is 2. The minimum Gasteiger partial charge on any atom is -0.395 e. The molecular formula is C20H27N5O4S. The average molecular weight is 434 g/mol. The highest BCUT2D eigenvalue weighted by atomic mass is 32.2. The summed E-state index contributed by atoms with van der Waals surface area (Å²) in [5.41, 5.74) is 0.686. The third kappa shape index (κ3) is 5.53. The summed E-state index contributed by atoms with van der Waals surface area (Å²) in [4.78, 5) is 23.2. The van der Waals surface area contributed by atoms with E-state index >= 15 is 0 Å². The number of rotatable bonds is 8. The first kappa shape index (κ1) is 22.1. The molecule has 0 unspecified atom stereocenters. The molecule has 1 saturated carbocycles. The predicted molar refractivity (Wildman–Crippen MR) is 114 cm³/mol. The Labute approximate surface area is 176 Å². The number of amides is 1. The van der Waals surface area contributed by atoms with Crippen LogP contribution in [-0.2, 0) is 10.0 Å². The van der Waals surface area contributed by atoms with E-state index in [2.05, 4.69) is 24.9 Å². The Morgan fingerprint density at radius 1 is 1.17 bits per heavy atom. The van der Waals surface area contributed by atoms with Gasteiger partial charge in [-0.2, -0.15) is 0 Å². The molecule has 1 fully saturated rings. The zero-order valence-corrected chi connectivity index (χ0v) is 17.7. The zero-order chi connectivity index (χ0) is 21.6. The van der Waals surface area contributed by atoms with Crippen LogP contribution in [0.25, 0.3) is 0 Å². The van der Waals surface area contributed by atoms with Crippen LogP contribution < -0.4 is 14.9 Å². The van der Waals surface area contributed by atoms with Crippen molar-refractivity contribution in [3.8, 4) is 0 Å². The van der Waals surface area contributed by atoms with E-state index < -0.39 is 15.9 Å². The van der Waals surface area contributed by atoms with Gasteiger partial charge in [-0.1, -0.05) is 19.3 Å². The highest BCUT2D eigenvalue weighted by molar-refractivity contribution is 7.89. The van der Waals surface area contributed by atoms with Crippen molar-refractivity contribution in [2.24, 2.45) is 0 Å². The van der Waals surface area contributed by atoms with Gasteiger partial charge in [-0.05, 0) is 37.1 Å². The monoisotopic (exact) mass is 433 g/mol.